The van der Waals surface area contributed by atoms with Crippen molar-refractivity contribution in [3.8, 4) is 0 Å². The molecule has 6 nitrogen and oxygen atoms in total. The third-order valence-corrected chi connectivity index (χ3v) is 4.66. The van der Waals surface area contributed by atoms with Crippen molar-refractivity contribution < 1.29 is 14.1 Å². The standard InChI is InChI=1S/C19H23N3O3/c1-13-16(14(2)25-21-13)12-20-19(24)18(15-8-4-3-5-9-15)22-11-7-6-10-17(22)23/h3-5,8-9,18H,6-7,10-12H2,1-2H3,(H,20,24)/t18-/m0/s1. The van der Waals surface area contributed by atoms with Gasteiger partial charge in [0.05, 0.1) is 5.69 Å². The second kappa shape index (κ2) is 7.51. The van der Waals surface area contributed by atoms with Crippen LogP contribution in [0.2, 0.25) is 0 Å². The number of amides is 2. The molecule has 0 bridgehead atoms. The Morgan fingerprint density at radius 3 is 2.68 bits per heavy atom. The highest BCUT2D eigenvalue weighted by Gasteiger charge is 2.32. The Balaban J connectivity index is 1.81. The van der Waals surface area contributed by atoms with Crippen molar-refractivity contribution in [3.63, 3.8) is 0 Å². The molecular formula is C19H23N3O3. The van der Waals surface area contributed by atoms with Crippen molar-refractivity contribution in [2.75, 3.05) is 6.54 Å². The number of nitrogens with zero attached hydrogens (tertiary/aromatic N) is 2. The van der Waals surface area contributed by atoms with E-state index in [1.165, 1.54) is 0 Å². The maximum atomic E-state index is 13.0. The zero-order valence-electron chi connectivity index (χ0n) is 14.6. The molecule has 1 aliphatic heterocycles. The summed E-state index contributed by atoms with van der Waals surface area (Å²) in [6.45, 7) is 4.62. The summed E-state index contributed by atoms with van der Waals surface area (Å²) < 4.78 is 5.14. The van der Waals surface area contributed by atoms with Gasteiger partial charge in [0.25, 0.3) is 0 Å². The first kappa shape index (κ1) is 17.2. The summed E-state index contributed by atoms with van der Waals surface area (Å²) in [5.41, 5.74) is 2.47. The minimum atomic E-state index is -0.602. The maximum absolute atomic E-state index is 13.0. The summed E-state index contributed by atoms with van der Waals surface area (Å²) in [7, 11) is 0. The quantitative estimate of drug-likeness (QED) is 0.907. The topological polar surface area (TPSA) is 75.4 Å². The van der Waals surface area contributed by atoms with Gasteiger partial charge >= 0.3 is 0 Å². The lowest BCUT2D eigenvalue weighted by molar-refractivity contribution is -0.142. The molecule has 1 aromatic carbocycles. The number of aromatic nitrogens is 1. The Labute approximate surface area is 147 Å². The van der Waals surface area contributed by atoms with Crippen LogP contribution in [0.1, 0.15) is 47.9 Å². The van der Waals surface area contributed by atoms with Crippen molar-refractivity contribution in [1.29, 1.82) is 0 Å². The normalized spacial score (nSPS) is 15.9. The second-order valence-electron chi connectivity index (χ2n) is 6.38. The highest BCUT2D eigenvalue weighted by Crippen LogP contribution is 2.26. The van der Waals surface area contributed by atoms with E-state index in [9.17, 15) is 9.59 Å². The summed E-state index contributed by atoms with van der Waals surface area (Å²) in [6, 6.07) is 8.86. The van der Waals surface area contributed by atoms with E-state index >= 15 is 0 Å². The number of carbonyl (C=O) groups excluding carboxylic acids is 2. The smallest absolute Gasteiger partial charge is 0.247 e. The molecule has 1 atom stereocenters. The molecule has 2 aromatic rings. The van der Waals surface area contributed by atoms with Gasteiger partial charge in [-0.05, 0) is 32.3 Å². The van der Waals surface area contributed by atoms with Gasteiger partial charge < -0.3 is 14.7 Å². The molecule has 3 rings (SSSR count). The molecule has 1 N–H and O–H groups in total. The van der Waals surface area contributed by atoms with E-state index in [0.29, 0.717) is 25.3 Å². The van der Waals surface area contributed by atoms with Gasteiger partial charge in [-0.25, -0.2) is 0 Å². The Morgan fingerprint density at radius 1 is 1.28 bits per heavy atom. The van der Waals surface area contributed by atoms with Crippen molar-refractivity contribution in [1.82, 2.24) is 15.4 Å². The van der Waals surface area contributed by atoms with E-state index in [2.05, 4.69) is 10.5 Å². The monoisotopic (exact) mass is 341 g/mol. The van der Waals surface area contributed by atoms with Crippen LogP contribution in [0.25, 0.3) is 0 Å². The first-order valence-electron chi connectivity index (χ1n) is 8.62. The van der Waals surface area contributed by atoms with E-state index in [1.54, 1.807) is 4.90 Å². The van der Waals surface area contributed by atoms with Gasteiger partial charge in [-0.1, -0.05) is 35.5 Å². The van der Waals surface area contributed by atoms with Gasteiger partial charge in [0.15, 0.2) is 0 Å². The molecule has 0 radical (unpaired) electrons. The second-order valence-corrected chi connectivity index (χ2v) is 6.38. The Bertz CT molecular complexity index is 735. The van der Waals surface area contributed by atoms with E-state index in [1.807, 2.05) is 44.2 Å². The predicted molar refractivity (Wildman–Crippen MR) is 92.6 cm³/mol. The average molecular weight is 341 g/mol. The van der Waals surface area contributed by atoms with E-state index in [4.69, 9.17) is 4.52 Å². The summed E-state index contributed by atoms with van der Waals surface area (Å²) in [6.07, 6.45) is 2.31. The molecule has 2 heterocycles. The van der Waals surface area contributed by atoms with Gasteiger partial charge in [-0.15, -0.1) is 0 Å². The number of piperidine rings is 1. The molecule has 1 saturated heterocycles. The van der Waals surface area contributed by atoms with Crippen molar-refractivity contribution >= 4 is 11.8 Å². The third kappa shape index (κ3) is 3.73. The fraction of sp³-hybridized carbons (Fsp3) is 0.421. The van der Waals surface area contributed by atoms with E-state index in [0.717, 1.165) is 29.7 Å². The fourth-order valence-corrected chi connectivity index (χ4v) is 3.23. The minimum Gasteiger partial charge on any atom is -0.361 e. The first-order chi connectivity index (χ1) is 12.1. The summed E-state index contributed by atoms with van der Waals surface area (Å²) in [4.78, 5) is 27.0. The van der Waals surface area contributed by atoms with Gasteiger partial charge in [-0.2, -0.15) is 0 Å². The molecule has 1 aromatic heterocycles. The molecule has 132 valence electrons. The number of benzene rings is 1. The number of carbonyl (C=O) groups is 2. The highest BCUT2D eigenvalue weighted by molar-refractivity contribution is 5.89. The lowest BCUT2D eigenvalue weighted by Gasteiger charge is -2.34. The number of aryl methyl sites for hydroxylation is 2. The molecule has 0 saturated carbocycles. The van der Waals surface area contributed by atoms with Crippen LogP contribution >= 0.6 is 0 Å². The van der Waals surface area contributed by atoms with Gasteiger partial charge in [0.1, 0.15) is 11.8 Å². The van der Waals surface area contributed by atoms with Crippen LogP contribution in [0, 0.1) is 13.8 Å². The van der Waals surface area contributed by atoms with Crippen molar-refractivity contribution in [2.45, 2.75) is 45.7 Å². The van der Waals surface area contributed by atoms with Gasteiger partial charge in [0, 0.05) is 25.1 Å². The third-order valence-electron chi connectivity index (χ3n) is 4.66. The van der Waals surface area contributed by atoms with Crippen molar-refractivity contribution in [2.24, 2.45) is 0 Å². The molecule has 0 spiro atoms. The SMILES string of the molecule is Cc1noc(C)c1CNC(=O)[C@H](c1ccccc1)N1CCCCC1=O. The molecule has 1 fully saturated rings. The highest BCUT2D eigenvalue weighted by atomic mass is 16.5. The molecule has 25 heavy (non-hydrogen) atoms. The Morgan fingerprint density at radius 2 is 2.04 bits per heavy atom. The summed E-state index contributed by atoms with van der Waals surface area (Å²) in [5.74, 6) is 0.553. The van der Waals surface area contributed by atoms with Crippen LogP contribution < -0.4 is 5.32 Å². The van der Waals surface area contributed by atoms with Crippen LogP contribution in [-0.2, 0) is 16.1 Å². The summed E-state index contributed by atoms with van der Waals surface area (Å²) >= 11 is 0. The number of nitrogens with one attached hydrogen (secondary N) is 1. The first-order valence-corrected chi connectivity index (χ1v) is 8.62. The molecular weight excluding hydrogens is 318 g/mol. The van der Waals surface area contributed by atoms with Crippen LogP contribution in [0.4, 0.5) is 0 Å². The maximum Gasteiger partial charge on any atom is 0.247 e. The number of rotatable bonds is 5. The number of likely N-dealkylation sites (tertiary alicyclic amines) is 1. The largest absolute Gasteiger partial charge is 0.361 e. The Kier molecular flexibility index (Phi) is 5.16. The lowest BCUT2D eigenvalue weighted by atomic mass is 10.0. The predicted octanol–water partition coefficient (Wildman–Crippen LogP) is 2.66. The van der Waals surface area contributed by atoms with E-state index < -0.39 is 6.04 Å². The molecule has 2 amide bonds. The average Bonchev–Trinajstić information content (AvgIpc) is 2.94. The lowest BCUT2D eigenvalue weighted by Crippen LogP contribution is -2.45. The Hall–Kier alpha value is -2.63. The van der Waals surface area contributed by atoms with Crippen molar-refractivity contribution in [3.05, 3.63) is 52.9 Å². The van der Waals surface area contributed by atoms with E-state index in [-0.39, 0.29) is 11.8 Å². The molecule has 0 unspecified atom stereocenters. The fourth-order valence-electron chi connectivity index (χ4n) is 3.23. The van der Waals surface area contributed by atoms with Gasteiger partial charge in [0.2, 0.25) is 11.8 Å². The zero-order chi connectivity index (χ0) is 17.8. The van der Waals surface area contributed by atoms with Crippen LogP contribution in [0.3, 0.4) is 0 Å². The summed E-state index contributed by atoms with van der Waals surface area (Å²) in [5, 5.41) is 6.86. The van der Waals surface area contributed by atoms with Crippen LogP contribution in [0.15, 0.2) is 34.9 Å². The molecule has 6 heteroatoms. The molecule has 1 aliphatic rings. The number of hydrogen-bond acceptors (Lipinski definition) is 4. The van der Waals surface area contributed by atoms with Crippen LogP contribution in [0.5, 0.6) is 0 Å². The molecule has 0 aliphatic carbocycles. The number of hydrogen-bond donors (Lipinski definition) is 1. The van der Waals surface area contributed by atoms with Crippen LogP contribution in [-0.4, -0.2) is 28.4 Å². The van der Waals surface area contributed by atoms with Gasteiger partial charge in [-0.3, -0.25) is 9.59 Å². The minimum absolute atomic E-state index is 0.0348. The zero-order valence-corrected chi connectivity index (χ0v) is 14.6.